The van der Waals surface area contributed by atoms with Crippen molar-refractivity contribution < 1.29 is 13.2 Å². The fraction of sp³-hybridized carbons (Fsp3) is 0.273. The molecule has 0 nitrogen and oxygen atoms in total. The summed E-state index contributed by atoms with van der Waals surface area (Å²) in [6.45, 7) is 0. The van der Waals surface area contributed by atoms with E-state index in [1.165, 1.54) is 0 Å². The van der Waals surface area contributed by atoms with Gasteiger partial charge in [0.05, 0.1) is 12.3 Å². The van der Waals surface area contributed by atoms with Crippen molar-refractivity contribution in [3.63, 3.8) is 0 Å². The Labute approximate surface area is 94.6 Å². The van der Waals surface area contributed by atoms with Gasteiger partial charge in [0.2, 0.25) is 0 Å². The summed E-state index contributed by atoms with van der Waals surface area (Å²) in [4.78, 5) is 0. The van der Waals surface area contributed by atoms with Crippen LogP contribution in [-0.2, 0) is 0 Å². The van der Waals surface area contributed by atoms with Crippen LogP contribution in [0.5, 0.6) is 0 Å². The number of rotatable bonds is 2. The standard InChI is InChI=1S/C11H8BrF3/c1-2-8(7-11(13,14)15)9-3-5-10(12)6-4-9/h1,3-6,8H,7H2. The minimum absolute atomic E-state index is 0.512. The molecule has 0 fully saturated rings. The molecule has 4 heteroatoms. The van der Waals surface area contributed by atoms with Crippen molar-refractivity contribution >= 4 is 15.9 Å². The molecule has 0 aliphatic rings. The van der Waals surface area contributed by atoms with E-state index in [1.807, 2.05) is 0 Å². The lowest BCUT2D eigenvalue weighted by Gasteiger charge is -2.13. The molecule has 0 heterocycles. The van der Waals surface area contributed by atoms with Gasteiger partial charge in [-0.25, -0.2) is 0 Å². The Kier molecular flexibility index (Phi) is 3.81. The second kappa shape index (κ2) is 4.71. The molecule has 1 aromatic carbocycles. The summed E-state index contributed by atoms with van der Waals surface area (Å²) in [7, 11) is 0. The Morgan fingerprint density at radius 2 is 1.80 bits per heavy atom. The first-order chi connectivity index (χ1) is 6.92. The second-order valence-electron chi connectivity index (χ2n) is 3.09. The van der Waals surface area contributed by atoms with Crippen LogP contribution < -0.4 is 0 Å². The Balaban J connectivity index is 2.85. The molecule has 0 radical (unpaired) electrons. The van der Waals surface area contributed by atoms with Crippen molar-refractivity contribution in [2.45, 2.75) is 18.5 Å². The van der Waals surface area contributed by atoms with Crippen LogP contribution in [0.2, 0.25) is 0 Å². The monoisotopic (exact) mass is 276 g/mol. The lowest BCUT2D eigenvalue weighted by Crippen LogP contribution is -2.12. The first kappa shape index (κ1) is 12.1. The molecule has 0 N–H and O–H groups in total. The van der Waals surface area contributed by atoms with Gasteiger partial charge in [-0.15, -0.1) is 6.42 Å². The second-order valence-corrected chi connectivity index (χ2v) is 4.01. The molecular weight excluding hydrogens is 269 g/mol. The average Bonchev–Trinajstić information content (AvgIpc) is 2.14. The van der Waals surface area contributed by atoms with Gasteiger partial charge >= 0.3 is 6.18 Å². The molecule has 1 rings (SSSR count). The zero-order valence-corrected chi connectivity index (χ0v) is 9.27. The maximum Gasteiger partial charge on any atom is 0.390 e. The van der Waals surface area contributed by atoms with E-state index < -0.39 is 18.5 Å². The maximum atomic E-state index is 12.2. The van der Waals surface area contributed by atoms with Gasteiger partial charge in [0.15, 0.2) is 0 Å². The smallest absolute Gasteiger partial charge is 0.171 e. The van der Waals surface area contributed by atoms with Crippen molar-refractivity contribution in [3.05, 3.63) is 34.3 Å². The Hall–Kier alpha value is -0.950. The normalized spacial score (nSPS) is 13.3. The predicted molar refractivity (Wildman–Crippen MR) is 56.4 cm³/mol. The van der Waals surface area contributed by atoms with Crippen LogP contribution in [0.25, 0.3) is 0 Å². The molecule has 0 amide bonds. The van der Waals surface area contributed by atoms with E-state index in [4.69, 9.17) is 6.42 Å². The van der Waals surface area contributed by atoms with Gasteiger partial charge in [-0.2, -0.15) is 13.2 Å². The topological polar surface area (TPSA) is 0 Å². The molecule has 0 aliphatic heterocycles. The van der Waals surface area contributed by atoms with Crippen molar-refractivity contribution in [3.8, 4) is 12.3 Å². The van der Waals surface area contributed by atoms with E-state index in [-0.39, 0.29) is 0 Å². The molecule has 1 unspecified atom stereocenters. The molecule has 0 aliphatic carbocycles. The molecule has 0 saturated heterocycles. The lowest BCUT2D eigenvalue weighted by molar-refractivity contribution is -0.136. The van der Waals surface area contributed by atoms with E-state index >= 15 is 0 Å². The molecule has 1 atom stereocenters. The van der Waals surface area contributed by atoms with Crippen molar-refractivity contribution in [1.82, 2.24) is 0 Å². The third kappa shape index (κ3) is 3.96. The van der Waals surface area contributed by atoms with Crippen LogP contribution in [-0.4, -0.2) is 6.18 Å². The summed E-state index contributed by atoms with van der Waals surface area (Å²) in [5.74, 6) is 1.25. The molecule has 0 aromatic heterocycles. The zero-order valence-electron chi connectivity index (χ0n) is 7.68. The van der Waals surface area contributed by atoms with Crippen molar-refractivity contribution in [2.24, 2.45) is 0 Å². The largest absolute Gasteiger partial charge is 0.390 e. The third-order valence-corrected chi connectivity index (χ3v) is 2.44. The van der Waals surface area contributed by atoms with Gasteiger partial charge in [0, 0.05) is 4.47 Å². The molecular formula is C11H8BrF3. The highest BCUT2D eigenvalue weighted by Gasteiger charge is 2.31. The number of halogens is 4. The minimum atomic E-state index is -4.23. The SMILES string of the molecule is C#CC(CC(F)(F)F)c1ccc(Br)cc1. The van der Waals surface area contributed by atoms with Crippen LogP contribution >= 0.6 is 15.9 Å². The van der Waals surface area contributed by atoms with Gasteiger partial charge in [0.25, 0.3) is 0 Å². The van der Waals surface area contributed by atoms with E-state index in [0.29, 0.717) is 5.56 Å². The summed E-state index contributed by atoms with van der Waals surface area (Å²) in [5.41, 5.74) is 0.512. The van der Waals surface area contributed by atoms with Gasteiger partial charge < -0.3 is 0 Å². The fourth-order valence-electron chi connectivity index (χ4n) is 1.20. The van der Waals surface area contributed by atoms with Gasteiger partial charge in [0.1, 0.15) is 0 Å². The Morgan fingerprint density at radius 1 is 1.27 bits per heavy atom. The Morgan fingerprint density at radius 3 is 2.20 bits per heavy atom. The highest BCUT2D eigenvalue weighted by molar-refractivity contribution is 9.10. The highest BCUT2D eigenvalue weighted by Crippen LogP contribution is 2.31. The average molecular weight is 277 g/mol. The lowest BCUT2D eigenvalue weighted by atomic mass is 9.96. The molecule has 1 aromatic rings. The van der Waals surface area contributed by atoms with Gasteiger partial charge in [-0.1, -0.05) is 34.0 Å². The maximum absolute atomic E-state index is 12.2. The van der Waals surface area contributed by atoms with E-state index in [0.717, 1.165) is 4.47 Å². The van der Waals surface area contributed by atoms with Crippen LogP contribution in [0, 0.1) is 12.3 Å². The quantitative estimate of drug-likeness (QED) is 0.713. The number of hydrogen-bond acceptors (Lipinski definition) is 0. The van der Waals surface area contributed by atoms with Crippen molar-refractivity contribution in [1.29, 1.82) is 0 Å². The summed E-state index contributed by atoms with van der Waals surface area (Å²) >= 11 is 3.20. The van der Waals surface area contributed by atoms with Crippen LogP contribution in [0.15, 0.2) is 28.7 Å². The van der Waals surface area contributed by atoms with Crippen molar-refractivity contribution in [2.75, 3.05) is 0 Å². The minimum Gasteiger partial charge on any atom is -0.171 e. The molecule has 0 bridgehead atoms. The number of alkyl halides is 3. The number of terminal acetylenes is 1. The van der Waals surface area contributed by atoms with Crippen LogP contribution in [0.3, 0.4) is 0 Å². The van der Waals surface area contributed by atoms with E-state index in [9.17, 15) is 13.2 Å². The summed E-state index contributed by atoms with van der Waals surface area (Å²) in [6, 6.07) is 6.55. The number of benzene rings is 1. The van der Waals surface area contributed by atoms with E-state index in [1.54, 1.807) is 24.3 Å². The third-order valence-electron chi connectivity index (χ3n) is 1.91. The predicted octanol–water partition coefficient (Wildman–Crippen LogP) is 4.12. The van der Waals surface area contributed by atoms with Gasteiger partial charge in [-0.05, 0) is 17.7 Å². The van der Waals surface area contributed by atoms with E-state index in [2.05, 4.69) is 21.9 Å². The van der Waals surface area contributed by atoms with Crippen LogP contribution in [0.1, 0.15) is 17.9 Å². The summed E-state index contributed by atoms with van der Waals surface area (Å²) in [6.07, 6.45) is -0.125. The first-order valence-electron chi connectivity index (χ1n) is 4.21. The molecule has 80 valence electrons. The van der Waals surface area contributed by atoms with Crippen LogP contribution in [0.4, 0.5) is 13.2 Å². The summed E-state index contributed by atoms with van der Waals surface area (Å²) < 4.78 is 37.3. The first-order valence-corrected chi connectivity index (χ1v) is 5.00. The highest BCUT2D eigenvalue weighted by atomic mass is 79.9. The van der Waals surface area contributed by atoms with Gasteiger partial charge in [-0.3, -0.25) is 0 Å². The zero-order chi connectivity index (χ0) is 11.5. The number of hydrogen-bond donors (Lipinski definition) is 0. The molecule has 0 spiro atoms. The molecule has 15 heavy (non-hydrogen) atoms. The summed E-state index contributed by atoms with van der Waals surface area (Å²) in [5, 5.41) is 0. The molecule has 0 saturated carbocycles. The Bertz CT molecular complexity index is 359. The fourth-order valence-corrected chi connectivity index (χ4v) is 1.46.